The molecule has 24 heavy (non-hydrogen) atoms. The highest BCUT2D eigenvalue weighted by molar-refractivity contribution is 6.05. The van der Waals surface area contributed by atoms with Gasteiger partial charge in [0, 0.05) is 11.1 Å². The standard InChI is InChI=1S/C22H18O2/c23-21(19-13-7-5-8-14-19)17-11-3-1-2-4-12-18-22(24)20-15-9-6-10-16-20/h1-18H/b3-1+,4-2+,17-11+,18-12+. The van der Waals surface area contributed by atoms with Crippen molar-refractivity contribution in [3.05, 3.63) is 120 Å². The molecule has 0 amide bonds. The van der Waals surface area contributed by atoms with E-state index in [0.29, 0.717) is 11.1 Å². The number of carbonyl (C=O) groups excluding carboxylic acids is 2. The van der Waals surface area contributed by atoms with Gasteiger partial charge in [-0.25, -0.2) is 0 Å². The minimum atomic E-state index is -0.0300. The van der Waals surface area contributed by atoms with Crippen molar-refractivity contribution in [1.82, 2.24) is 0 Å². The summed E-state index contributed by atoms with van der Waals surface area (Å²) >= 11 is 0. The molecule has 0 saturated heterocycles. The molecule has 0 aliphatic heterocycles. The lowest BCUT2D eigenvalue weighted by Gasteiger charge is -1.92. The van der Waals surface area contributed by atoms with Crippen molar-refractivity contribution in [1.29, 1.82) is 0 Å². The predicted molar refractivity (Wildman–Crippen MR) is 98.1 cm³/mol. The first-order valence-electron chi connectivity index (χ1n) is 7.64. The summed E-state index contributed by atoms with van der Waals surface area (Å²) in [5, 5.41) is 0. The molecule has 0 spiro atoms. The molecular formula is C22H18O2. The fourth-order valence-corrected chi connectivity index (χ4v) is 1.94. The highest BCUT2D eigenvalue weighted by Crippen LogP contribution is 2.01. The zero-order valence-corrected chi connectivity index (χ0v) is 13.2. The lowest BCUT2D eigenvalue weighted by Crippen LogP contribution is -1.92. The van der Waals surface area contributed by atoms with Crippen LogP contribution in [0.4, 0.5) is 0 Å². The van der Waals surface area contributed by atoms with Crippen LogP contribution in [0.1, 0.15) is 20.7 Å². The molecule has 0 aliphatic rings. The third kappa shape index (κ3) is 5.85. The molecule has 0 aromatic heterocycles. The van der Waals surface area contributed by atoms with E-state index in [-0.39, 0.29) is 11.6 Å². The molecule has 0 heterocycles. The van der Waals surface area contributed by atoms with Gasteiger partial charge < -0.3 is 0 Å². The molecule has 0 bridgehead atoms. The van der Waals surface area contributed by atoms with Crippen molar-refractivity contribution in [2.45, 2.75) is 0 Å². The van der Waals surface area contributed by atoms with E-state index in [1.165, 1.54) is 12.2 Å². The van der Waals surface area contributed by atoms with Crippen LogP contribution in [0.25, 0.3) is 0 Å². The second-order valence-corrected chi connectivity index (χ2v) is 4.95. The number of allylic oxidation sites excluding steroid dienone is 8. The monoisotopic (exact) mass is 314 g/mol. The Morgan fingerprint density at radius 1 is 0.500 bits per heavy atom. The van der Waals surface area contributed by atoms with Gasteiger partial charge in [-0.15, -0.1) is 0 Å². The van der Waals surface area contributed by atoms with Crippen molar-refractivity contribution in [2.24, 2.45) is 0 Å². The van der Waals surface area contributed by atoms with Gasteiger partial charge in [-0.2, -0.15) is 0 Å². The van der Waals surface area contributed by atoms with Crippen molar-refractivity contribution >= 4 is 11.6 Å². The van der Waals surface area contributed by atoms with E-state index in [9.17, 15) is 9.59 Å². The Labute approximate surface area is 142 Å². The zero-order valence-electron chi connectivity index (χ0n) is 13.2. The fraction of sp³-hybridized carbons (Fsp3) is 0. The van der Waals surface area contributed by atoms with E-state index >= 15 is 0 Å². The molecule has 2 heteroatoms. The van der Waals surface area contributed by atoms with E-state index in [4.69, 9.17) is 0 Å². The zero-order chi connectivity index (χ0) is 17.0. The van der Waals surface area contributed by atoms with Crippen LogP contribution < -0.4 is 0 Å². The maximum absolute atomic E-state index is 11.8. The van der Waals surface area contributed by atoms with Crippen LogP contribution in [0, 0.1) is 0 Å². The molecule has 0 radical (unpaired) electrons. The smallest absolute Gasteiger partial charge is 0.185 e. The van der Waals surface area contributed by atoms with Crippen molar-refractivity contribution in [3.8, 4) is 0 Å². The average Bonchev–Trinajstić information content (AvgIpc) is 2.65. The summed E-state index contributed by atoms with van der Waals surface area (Å²) in [6.07, 6.45) is 13.6. The normalized spacial score (nSPS) is 11.8. The van der Waals surface area contributed by atoms with Crippen LogP contribution in [0.15, 0.2) is 109 Å². The summed E-state index contributed by atoms with van der Waals surface area (Å²) in [4.78, 5) is 23.6. The summed E-state index contributed by atoms with van der Waals surface area (Å²) < 4.78 is 0. The Kier molecular flexibility index (Phi) is 6.91. The van der Waals surface area contributed by atoms with Crippen LogP contribution in [-0.2, 0) is 0 Å². The Hall–Kier alpha value is -3.26. The second kappa shape index (κ2) is 9.70. The maximum Gasteiger partial charge on any atom is 0.185 e. The number of carbonyl (C=O) groups is 2. The highest BCUT2D eigenvalue weighted by Gasteiger charge is 1.98. The summed E-state index contributed by atoms with van der Waals surface area (Å²) in [7, 11) is 0. The van der Waals surface area contributed by atoms with E-state index in [1.54, 1.807) is 60.7 Å². The van der Waals surface area contributed by atoms with Gasteiger partial charge in [0.15, 0.2) is 11.6 Å². The van der Waals surface area contributed by atoms with Gasteiger partial charge in [0.2, 0.25) is 0 Å². The molecule has 0 atom stereocenters. The molecular weight excluding hydrogens is 296 g/mol. The Morgan fingerprint density at radius 2 is 0.833 bits per heavy atom. The molecule has 118 valence electrons. The lowest BCUT2D eigenvalue weighted by atomic mass is 10.1. The Balaban J connectivity index is 1.78. The first kappa shape index (κ1) is 17.1. The third-order valence-electron chi connectivity index (χ3n) is 3.17. The Bertz CT molecular complexity index is 710. The first-order chi connectivity index (χ1) is 11.8. The number of ketones is 2. The average molecular weight is 314 g/mol. The summed E-state index contributed by atoms with van der Waals surface area (Å²) in [5.74, 6) is -0.0600. The molecule has 0 saturated carbocycles. The van der Waals surface area contributed by atoms with Crippen molar-refractivity contribution in [2.75, 3.05) is 0 Å². The SMILES string of the molecule is O=C(/C=C/C=C/C=C/C=C/C(=O)c1ccccc1)c1ccccc1. The van der Waals surface area contributed by atoms with Gasteiger partial charge in [0.1, 0.15) is 0 Å². The number of hydrogen-bond acceptors (Lipinski definition) is 2. The predicted octanol–water partition coefficient (Wildman–Crippen LogP) is 4.98. The number of rotatable bonds is 7. The minimum Gasteiger partial charge on any atom is -0.289 e. The first-order valence-corrected chi connectivity index (χ1v) is 7.64. The molecule has 0 aliphatic carbocycles. The largest absolute Gasteiger partial charge is 0.289 e. The van der Waals surface area contributed by atoms with Crippen LogP contribution in [0.3, 0.4) is 0 Å². The Morgan fingerprint density at radius 3 is 1.21 bits per heavy atom. The van der Waals surface area contributed by atoms with Crippen LogP contribution >= 0.6 is 0 Å². The van der Waals surface area contributed by atoms with Gasteiger partial charge in [-0.1, -0.05) is 97.1 Å². The topological polar surface area (TPSA) is 34.1 Å². The van der Waals surface area contributed by atoms with Gasteiger partial charge in [0.25, 0.3) is 0 Å². The maximum atomic E-state index is 11.8. The molecule has 2 nitrogen and oxygen atoms in total. The molecule has 2 rings (SSSR count). The van der Waals surface area contributed by atoms with Crippen molar-refractivity contribution < 1.29 is 9.59 Å². The van der Waals surface area contributed by atoms with Gasteiger partial charge >= 0.3 is 0 Å². The minimum absolute atomic E-state index is 0.0300. The fourth-order valence-electron chi connectivity index (χ4n) is 1.94. The van der Waals surface area contributed by atoms with E-state index in [0.717, 1.165) is 0 Å². The number of benzene rings is 2. The molecule has 2 aromatic rings. The van der Waals surface area contributed by atoms with Crippen molar-refractivity contribution in [3.63, 3.8) is 0 Å². The van der Waals surface area contributed by atoms with Crippen LogP contribution in [0.2, 0.25) is 0 Å². The van der Waals surface area contributed by atoms with E-state index in [1.807, 2.05) is 36.4 Å². The van der Waals surface area contributed by atoms with Gasteiger partial charge in [-0.3, -0.25) is 9.59 Å². The summed E-state index contributed by atoms with van der Waals surface area (Å²) in [6, 6.07) is 18.2. The summed E-state index contributed by atoms with van der Waals surface area (Å²) in [5.41, 5.74) is 1.33. The quantitative estimate of drug-likeness (QED) is 0.410. The molecule has 2 aromatic carbocycles. The van der Waals surface area contributed by atoms with Gasteiger partial charge in [0.05, 0.1) is 0 Å². The second-order valence-electron chi connectivity index (χ2n) is 4.95. The third-order valence-corrected chi connectivity index (χ3v) is 3.17. The summed E-state index contributed by atoms with van der Waals surface area (Å²) in [6.45, 7) is 0. The van der Waals surface area contributed by atoms with Crippen LogP contribution in [-0.4, -0.2) is 11.6 Å². The molecule has 0 fully saturated rings. The van der Waals surface area contributed by atoms with Crippen LogP contribution in [0.5, 0.6) is 0 Å². The number of hydrogen-bond donors (Lipinski definition) is 0. The van der Waals surface area contributed by atoms with E-state index < -0.39 is 0 Å². The highest BCUT2D eigenvalue weighted by atomic mass is 16.1. The lowest BCUT2D eigenvalue weighted by molar-refractivity contribution is 0.103. The molecule has 0 unspecified atom stereocenters. The van der Waals surface area contributed by atoms with Gasteiger partial charge in [-0.05, 0) is 12.2 Å². The van der Waals surface area contributed by atoms with E-state index in [2.05, 4.69) is 0 Å². The molecule has 0 N–H and O–H groups in total.